The summed E-state index contributed by atoms with van der Waals surface area (Å²) in [5.74, 6) is 0.109. The summed E-state index contributed by atoms with van der Waals surface area (Å²) < 4.78 is 0. The van der Waals surface area contributed by atoms with Gasteiger partial charge in [-0.2, -0.15) is 0 Å². The average Bonchev–Trinajstić information content (AvgIpc) is 2.66. The second-order valence-corrected chi connectivity index (χ2v) is 8.13. The Morgan fingerprint density at radius 1 is 1.22 bits per heavy atom. The summed E-state index contributed by atoms with van der Waals surface area (Å²) in [5, 5.41) is 13.4. The van der Waals surface area contributed by atoms with Crippen molar-refractivity contribution in [3.8, 4) is 0 Å². The molecule has 0 saturated carbocycles. The first-order valence-corrected chi connectivity index (χ1v) is 9.86. The van der Waals surface area contributed by atoms with Crippen LogP contribution in [0.3, 0.4) is 0 Å². The zero-order valence-corrected chi connectivity index (χ0v) is 16.4. The van der Waals surface area contributed by atoms with Crippen molar-refractivity contribution in [3.63, 3.8) is 0 Å². The second kappa shape index (κ2) is 8.40. The van der Waals surface area contributed by atoms with Crippen LogP contribution in [0, 0.1) is 12.3 Å². The summed E-state index contributed by atoms with van der Waals surface area (Å²) >= 11 is 0. The van der Waals surface area contributed by atoms with Gasteiger partial charge in [0.2, 0.25) is 11.8 Å². The summed E-state index contributed by atoms with van der Waals surface area (Å²) in [5.41, 5.74) is 1.88. The van der Waals surface area contributed by atoms with E-state index in [0.717, 1.165) is 24.9 Å². The molecule has 2 aliphatic heterocycles. The molecule has 3 rings (SSSR count). The monoisotopic (exact) mass is 373 g/mol. The fourth-order valence-electron chi connectivity index (χ4n) is 4.42. The van der Waals surface area contributed by atoms with E-state index in [1.54, 1.807) is 7.05 Å². The molecule has 2 fully saturated rings. The molecule has 2 amide bonds. The maximum absolute atomic E-state index is 12.9. The van der Waals surface area contributed by atoms with Crippen LogP contribution < -0.4 is 5.32 Å². The topological polar surface area (TPSA) is 72.9 Å². The van der Waals surface area contributed by atoms with E-state index >= 15 is 0 Å². The first kappa shape index (κ1) is 19.8. The van der Waals surface area contributed by atoms with Crippen molar-refractivity contribution in [2.45, 2.75) is 38.7 Å². The molecule has 0 aromatic heterocycles. The standard InChI is InChI=1S/C21H31N3O3/c1-16-4-6-17(7-5-16)12-20(27)24-10-3-9-21(15-24)14-23(11-8-18(21)25)13-19(26)22-2/h4-7,18,25H,3,8-15H2,1-2H3,(H,22,26)/t18-,21-/m1/s1. The normalized spacial score (nSPS) is 26.2. The highest BCUT2D eigenvalue weighted by atomic mass is 16.3. The maximum atomic E-state index is 12.9. The summed E-state index contributed by atoms with van der Waals surface area (Å²) in [6.07, 6.45) is 2.41. The Kier molecular flexibility index (Phi) is 6.17. The molecule has 2 saturated heterocycles. The van der Waals surface area contributed by atoms with Crippen molar-refractivity contribution in [1.82, 2.24) is 15.1 Å². The number of nitrogens with zero attached hydrogens (tertiary/aromatic N) is 2. The number of nitrogens with one attached hydrogen (secondary N) is 1. The Hall–Kier alpha value is -1.92. The fourth-order valence-corrected chi connectivity index (χ4v) is 4.42. The highest BCUT2D eigenvalue weighted by Crippen LogP contribution is 2.38. The van der Waals surface area contributed by atoms with Crippen molar-refractivity contribution >= 4 is 11.8 Å². The SMILES string of the molecule is CNC(=O)CN1CC[C@@H](O)[C@]2(CCCN(C(=O)Cc3ccc(C)cc3)C2)C1. The summed E-state index contributed by atoms with van der Waals surface area (Å²) in [6, 6.07) is 8.07. The smallest absolute Gasteiger partial charge is 0.233 e. The molecule has 0 bridgehead atoms. The Morgan fingerprint density at radius 3 is 2.67 bits per heavy atom. The number of likely N-dealkylation sites (tertiary alicyclic amines) is 2. The Balaban J connectivity index is 1.66. The van der Waals surface area contributed by atoms with E-state index in [9.17, 15) is 14.7 Å². The van der Waals surface area contributed by atoms with Crippen LogP contribution in [0.25, 0.3) is 0 Å². The van der Waals surface area contributed by atoms with Gasteiger partial charge in [-0.1, -0.05) is 29.8 Å². The molecule has 2 aliphatic rings. The van der Waals surface area contributed by atoms with Crippen LogP contribution in [0.1, 0.15) is 30.4 Å². The van der Waals surface area contributed by atoms with Crippen molar-refractivity contribution in [1.29, 1.82) is 0 Å². The number of aliphatic hydroxyl groups excluding tert-OH is 1. The Labute approximate surface area is 161 Å². The predicted octanol–water partition coefficient (Wildman–Crippen LogP) is 0.959. The van der Waals surface area contributed by atoms with Crippen LogP contribution in [0.15, 0.2) is 24.3 Å². The summed E-state index contributed by atoms with van der Waals surface area (Å²) in [4.78, 5) is 28.6. The number of aliphatic hydroxyl groups is 1. The number of rotatable bonds is 4. The lowest BCUT2D eigenvalue weighted by molar-refractivity contribution is -0.142. The molecule has 0 aliphatic carbocycles. The van der Waals surface area contributed by atoms with E-state index < -0.39 is 6.10 Å². The first-order chi connectivity index (χ1) is 12.9. The molecule has 148 valence electrons. The lowest BCUT2D eigenvalue weighted by atomic mass is 9.71. The van der Waals surface area contributed by atoms with Crippen molar-refractivity contribution in [2.75, 3.05) is 39.8 Å². The lowest BCUT2D eigenvalue weighted by Crippen LogP contribution is -2.60. The Bertz CT molecular complexity index is 676. The molecule has 2 N–H and O–H groups in total. The van der Waals surface area contributed by atoms with Crippen LogP contribution in [0.5, 0.6) is 0 Å². The quantitative estimate of drug-likeness (QED) is 0.825. The van der Waals surface area contributed by atoms with Gasteiger partial charge in [0.15, 0.2) is 0 Å². The largest absolute Gasteiger partial charge is 0.392 e. The number of likely N-dealkylation sites (N-methyl/N-ethyl adjacent to an activating group) is 1. The van der Waals surface area contributed by atoms with Crippen LogP contribution in [0.4, 0.5) is 0 Å². The molecular formula is C21H31N3O3. The third kappa shape index (κ3) is 4.68. The number of hydrogen-bond donors (Lipinski definition) is 2. The zero-order valence-electron chi connectivity index (χ0n) is 16.4. The van der Waals surface area contributed by atoms with Gasteiger partial charge in [0, 0.05) is 38.6 Å². The first-order valence-electron chi connectivity index (χ1n) is 9.86. The van der Waals surface area contributed by atoms with Gasteiger partial charge < -0.3 is 15.3 Å². The van der Waals surface area contributed by atoms with Gasteiger partial charge >= 0.3 is 0 Å². The molecule has 2 heterocycles. The average molecular weight is 373 g/mol. The number of benzene rings is 1. The minimum atomic E-state index is -0.423. The summed E-state index contributed by atoms with van der Waals surface area (Å²) in [6.45, 7) is 5.08. The van der Waals surface area contributed by atoms with Gasteiger partial charge in [-0.3, -0.25) is 14.5 Å². The molecule has 6 nitrogen and oxygen atoms in total. The molecule has 1 spiro atoms. The van der Waals surface area contributed by atoms with Gasteiger partial charge in [0.25, 0.3) is 0 Å². The molecule has 1 aromatic carbocycles. The van der Waals surface area contributed by atoms with Crippen LogP contribution in [0.2, 0.25) is 0 Å². The van der Waals surface area contributed by atoms with Crippen LogP contribution in [-0.4, -0.2) is 72.6 Å². The minimum Gasteiger partial charge on any atom is -0.392 e. The van der Waals surface area contributed by atoms with Gasteiger partial charge in [0.05, 0.1) is 19.1 Å². The summed E-state index contributed by atoms with van der Waals surface area (Å²) in [7, 11) is 1.64. The van der Waals surface area contributed by atoms with Crippen LogP contribution >= 0.6 is 0 Å². The Morgan fingerprint density at radius 2 is 1.96 bits per heavy atom. The predicted molar refractivity (Wildman–Crippen MR) is 104 cm³/mol. The number of aryl methyl sites for hydroxylation is 1. The van der Waals surface area contributed by atoms with Gasteiger partial charge in [-0.05, 0) is 31.7 Å². The van der Waals surface area contributed by atoms with Gasteiger partial charge in [0.1, 0.15) is 0 Å². The zero-order chi connectivity index (χ0) is 19.4. The van der Waals surface area contributed by atoms with E-state index in [1.165, 1.54) is 5.56 Å². The highest BCUT2D eigenvalue weighted by molar-refractivity contribution is 5.79. The molecule has 0 unspecified atom stereocenters. The highest BCUT2D eigenvalue weighted by Gasteiger charge is 2.46. The van der Waals surface area contributed by atoms with E-state index in [4.69, 9.17) is 0 Å². The van der Waals surface area contributed by atoms with E-state index in [0.29, 0.717) is 39.0 Å². The molecule has 0 radical (unpaired) electrons. The van der Waals surface area contributed by atoms with Crippen LogP contribution in [-0.2, 0) is 16.0 Å². The van der Waals surface area contributed by atoms with Crippen molar-refractivity contribution < 1.29 is 14.7 Å². The van der Waals surface area contributed by atoms with Gasteiger partial charge in [-0.25, -0.2) is 0 Å². The number of hydrogen-bond acceptors (Lipinski definition) is 4. The number of carbonyl (C=O) groups is 2. The lowest BCUT2D eigenvalue weighted by Gasteiger charge is -2.51. The van der Waals surface area contributed by atoms with E-state index in [2.05, 4.69) is 10.2 Å². The molecule has 6 heteroatoms. The molecular weight excluding hydrogens is 342 g/mol. The number of piperidine rings is 2. The van der Waals surface area contributed by atoms with Gasteiger partial charge in [-0.15, -0.1) is 0 Å². The fraction of sp³-hybridized carbons (Fsp3) is 0.619. The molecule has 2 atom stereocenters. The third-order valence-electron chi connectivity index (χ3n) is 6.05. The van der Waals surface area contributed by atoms with E-state index in [1.807, 2.05) is 36.1 Å². The third-order valence-corrected chi connectivity index (χ3v) is 6.05. The molecule has 27 heavy (non-hydrogen) atoms. The van der Waals surface area contributed by atoms with Crippen molar-refractivity contribution in [3.05, 3.63) is 35.4 Å². The molecule has 1 aromatic rings. The second-order valence-electron chi connectivity index (χ2n) is 8.13. The van der Waals surface area contributed by atoms with E-state index in [-0.39, 0.29) is 17.2 Å². The number of amides is 2. The maximum Gasteiger partial charge on any atom is 0.233 e. The van der Waals surface area contributed by atoms with Crippen molar-refractivity contribution in [2.24, 2.45) is 5.41 Å². The minimum absolute atomic E-state index is 0.00958. The number of carbonyl (C=O) groups excluding carboxylic acids is 2.